The van der Waals surface area contributed by atoms with Crippen molar-refractivity contribution in [2.24, 2.45) is 0 Å². The fourth-order valence-corrected chi connectivity index (χ4v) is 2.89. The number of rotatable bonds is 2. The van der Waals surface area contributed by atoms with Crippen molar-refractivity contribution in [3.63, 3.8) is 0 Å². The molecule has 1 N–H and O–H groups in total. The smallest absolute Gasteiger partial charge is 0.172 e. The van der Waals surface area contributed by atoms with Crippen molar-refractivity contribution in [1.82, 2.24) is 0 Å². The van der Waals surface area contributed by atoms with Gasteiger partial charge < -0.3 is 14.6 Å². The van der Waals surface area contributed by atoms with Crippen LogP contribution in [0.1, 0.15) is 28.8 Å². The van der Waals surface area contributed by atoms with Gasteiger partial charge in [-0.05, 0) is 18.9 Å². The molecule has 1 saturated carbocycles. The molecule has 5 heteroatoms. The first-order valence-electron chi connectivity index (χ1n) is 5.46. The summed E-state index contributed by atoms with van der Waals surface area (Å²) in [6.45, 7) is 0.859. The number of aliphatic hydroxyl groups is 1. The molecule has 0 bridgehead atoms. The third kappa shape index (κ3) is 1.65. The van der Waals surface area contributed by atoms with Gasteiger partial charge in [-0.1, -0.05) is 15.9 Å². The van der Waals surface area contributed by atoms with Gasteiger partial charge in [0.05, 0.1) is 11.2 Å². The van der Waals surface area contributed by atoms with E-state index in [-0.39, 0.29) is 0 Å². The van der Waals surface area contributed by atoms with Crippen molar-refractivity contribution in [2.45, 2.75) is 18.4 Å². The van der Waals surface area contributed by atoms with Gasteiger partial charge in [0, 0.05) is 10.0 Å². The first-order chi connectivity index (χ1) is 8.15. The minimum Gasteiger partial charge on any atom is -0.486 e. The van der Waals surface area contributed by atoms with Crippen LogP contribution in [-0.2, 0) is 5.60 Å². The zero-order valence-electron chi connectivity index (χ0n) is 9.03. The van der Waals surface area contributed by atoms with Crippen molar-refractivity contribution < 1.29 is 19.4 Å². The van der Waals surface area contributed by atoms with E-state index in [4.69, 9.17) is 9.47 Å². The highest BCUT2D eigenvalue weighted by Gasteiger charge is 2.47. The lowest BCUT2D eigenvalue weighted by atomic mass is 10.0. The summed E-state index contributed by atoms with van der Waals surface area (Å²) < 4.78 is 11.7. The van der Waals surface area contributed by atoms with Crippen molar-refractivity contribution in [2.75, 3.05) is 13.2 Å². The van der Waals surface area contributed by atoms with Gasteiger partial charge in [0.2, 0.25) is 0 Å². The molecule has 90 valence electrons. The molecule has 4 nitrogen and oxygen atoms in total. The second-order valence-electron chi connectivity index (χ2n) is 4.33. The molecule has 0 unspecified atom stereocenters. The average Bonchev–Trinajstić information content (AvgIpc) is 3.06. The Labute approximate surface area is 107 Å². The molecule has 0 spiro atoms. The van der Waals surface area contributed by atoms with Crippen LogP contribution in [0.3, 0.4) is 0 Å². The molecule has 17 heavy (non-hydrogen) atoms. The number of carbonyl (C=O) groups is 1. The van der Waals surface area contributed by atoms with Gasteiger partial charge in [-0.3, -0.25) is 4.79 Å². The molecule has 3 rings (SSSR count). The lowest BCUT2D eigenvalue weighted by molar-refractivity contribution is 0.110. The fraction of sp³-hybridized carbons (Fsp3) is 0.417. The third-order valence-electron chi connectivity index (χ3n) is 3.11. The molecule has 1 fully saturated rings. The number of aldehydes is 1. The van der Waals surface area contributed by atoms with Gasteiger partial charge in [-0.2, -0.15) is 0 Å². The highest BCUT2D eigenvalue weighted by atomic mass is 79.9. The number of carbonyl (C=O) groups excluding carboxylic acids is 1. The Morgan fingerprint density at radius 3 is 2.53 bits per heavy atom. The van der Waals surface area contributed by atoms with Crippen LogP contribution in [0.2, 0.25) is 0 Å². The van der Waals surface area contributed by atoms with E-state index in [9.17, 15) is 9.90 Å². The van der Waals surface area contributed by atoms with Gasteiger partial charge in [-0.15, -0.1) is 0 Å². The van der Waals surface area contributed by atoms with Crippen LogP contribution in [0.15, 0.2) is 10.5 Å². The normalized spacial score (nSPS) is 19.9. The van der Waals surface area contributed by atoms with Crippen LogP contribution >= 0.6 is 15.9 Å². The zero-order chi connectivity index (χ0) is 12.0. The Bertz CT molecular complexity index is 494. The Kier molecular flexibility index (Phi) is 2.41. The molecule has 0 amide bonds. The predicted molar refractivity (Wildman–Crippen MR) is 63.7 cm³/mol. The maximum atomic E-state index is 11.0. The quantitative estimate of drug-likeness (QED) is 0.849. The Balaban J connectivity index is 2.24. The third-order valence-corrected chi connectivity index (χ3v) is 3.73. The first kappa shape index (κ1) is 11.0. The van der Waals surface area contributed by atoms with Gasteiger partial charge in [0.1, 0.15) is 13.2 Å². The molecule has 0 atom stereocenters. The molecular weight excluding hydrogens is 288 g/mol. The van der Waals surface area contributed by atoms with Crippen LogP contribution in [-0.4, -0.2) is 24.6 Å². The predicted octanol–water partition coefficient (Wildman–Crippen LogP) is 2.01. The number of halogens is 1. The number of ether oxygens (including phenoxy) is 2. The summed E-state index contributed by atoms with van der Waals surface area (Å²) in [5.41, 5.74) is 0.322. The summed E-state index contributed by atoms with van der Waals surface area (Å²) >= 11 is 3.39. The van der Waals surface area contributed by atoms with Gasteiger partial charge in [0.25, 0.3) is 0 Å². The number of fused-ring (bicyclic) bond motifs is 1. The molecule has 2 aliphatic rings. The van der Waals surface area contributed by atoms with E-state index in [0.29, 0.717) is 53.2 Å². The van der Waals surface area contributed by atoms with E-state index in [1.165, 1.54) is 0 Å². The summed E-state index contributed by atoms with van der Waals surface area (Å²) in [4.78, 5) is 11.0. The lowest BCUT2D eigenvalue weighted by Gasteiger charge is -2.25. The highest BCUT2D eigenvalue weighted by molar-refractivity contribution is 9.10. The SMILES string of the molecule is O=Cc1cc(Br)c(C2(O)CC2)c2c1OCCO2. The number of hydrogen-bond donors (Lipinski definition) is 1. The zero-order valence-corrected chi connectivity index (χ0v) is 10.6. The van der Waals surface area contributed by atoms with E-state index in [2.05, 4.69) is 15.9 Å². The second-order valence-corrected chi connectivity index (χ2v) is 5.18. The van der Waals surface area contributed by atoms with Crippen molar-refractivity contribution in [3.05, 3.63) is 21.7 Å². The summed E-state index contributed by atoms with van der Waals surface area (Å²) in [7, 11) is 0. The van der Waals surface area contributed by atoms with E-state index in [1.54, 1.807) is 6.07 Å². The van der Waals surface area contributed by atoms with Gasteiger partial charge >= 0.3 is 0 Å². The molecule has 1 aliphatic heterocycles. The largest absolute Gasteiger partial charge is 0.486 e. The summed E-state index contributed by atoms with van der Waals surface area (Å²) in [6, 6.07) is 1.67. The van der Waals surface area contributed by atoms with E-state index in [0.717, 1.165) is 6.29 Å². The minimum atomic E-state index is -0.828. The van der Waals surface area contributed by atoms with Crippen molar-refractivity contribution in [3.8, 4) is 11.5 Å². The van der Waals surface area contributed by atoms with Crippen LogP contribution in [0.5, 0.6) is 11.5 Å². The average molecular weight is 299 g/mol. The van der Waals surface area contributed by atoms with Crippen molar-refractivity contribution in [1.29, 1.82) is 0 Å². The van der Waals surface area contributed by atoms with Crippen molar-refractivity contribution >= 4 is 22.2 Å². The maximum absolute atomic E-state index is 11.0. The molecule has 1 aromatic rings. The van der Waals surface area contributed by atoms with E-state index >= 15 is 0 Å². The monoisotopic (exact) mass is 298 g/mol. The molecule has 0 aromatic heterocycles. The number of hydrogen-bond acceptors (Lipinski definition) is 4. The van der Waals surface area contributed by atoms with Gasteiger partial charge in [-0.25, -0.2) is 0 Å². The standard InChI is InChI=1S/C12H11BrO4/c13-8-5-7(6-14)10-11(17-4-3-16-10)9(8)12(15)1-2-12/h5-6,15H,1-4H2. The maximum Gasteiger partial charge on any atom is 0.172 e. The van der Waals surface area contributed by atoms with E-state index < -0.39 is 5.60 Å². The highest BCUT2D eigenvalue weighted by Crippen LogP contribution is 2.55. The van der Waals surface area contributed by atoms with Gasteiger partial charge in [0.15, 0.2) is 17.8 Å². The lowest BCUT2D eigenvalue weighted by Crippen LogP contribution is -2.20. The Hall–Kier alpha value is -1.07. The van der Waals surface area contributed by atoms with Crippen LogP contribution in [0.25, 0.3) is 0 Å². The Morgan fingerprint density at radius 2 is 1.94 bits per heavy atom. The Morgan fingerprint density at radius 1 is 1.29 bits per heavy atom. The molecule has 1 aromatic carbocycles. The summed E-state index contributed by atoms with van der Waals surface area (Å²) in [6.07, 6.45) is 2.16. The van der Waals surface area contributed by atoms with Crippen LogP contribution in [0.4, 0.5) is 0 Å². The minimum absolute atomic E-state index is 0.424. The van der Waals surface area contributed by atoms with E-state index in [1.807, 2.05) is 0 Å². The first-order valence-corrected chi connectivity index (χ1v) is 6.25. The molecule has 1 heterocycles. The molecule has 0 radical (unpaired) electrons. The topological polar surface area (TPSA) is 55.8 Å². The second kappa shape index (κ2) is 3.71. The molecule has 0 saturated heterocycles. The molecule has 1 aliphatic carbocycles. The fourth-order valence-electron chi connectivity index (χ4n) is 2.09. The van der Waals surface area contributed by atoms with Crippen LogP contribution < -0.4 is 9.47 Å². The van der Waals surface area contributed by atoms with Crippen LogP contribution in [0, 0.1) is 0 Å². The summed E-state index contributed by atoms with van der Waals surface area (Å²) in [5, 5.41) is 10.2. The molecular formula is C12H11BrO4. The number of benzene rings is 1. The summed E-state index contributed by atoms with van der Waals surface area (Å²) in [5.74, 6) is 0.956.